The predicted octanol–water partition coefficient (Wildman–Crippen LogP) is 4.43. The molecule has 28 heavy (non-hydrogen) atoms. The van der Waals surface area contributed by atoms with Crippen molar-refractivity contribution >= 4 is 0 Å². The van der Waals surface area contributed by atoms with Gasteiger partial charge in [0.1, 0.15) is 11.5 Å². The standard InChI is InChI=1S/C23H32O5/c1-7-15-8-19(9-16(12-26-4)21(15)24)23(2,3)20-10-17(13-27-5)22(25)18(11-20)14-28-6/h8-11,24-25H,7,12-14H2,1-6H3. The van der Waals surface area contributed by atoms with Gasteiger partial charge in [-0.1, -0.05) is 26.8 Å². The first kappa shape index (κ1) is 22.2. The fourth-order valence-corrected chi connectivity index (χ4v) is 3.47. The quantitative estimate of drug-likeness (QED) is 0.665. The lowest BCUT2D eigenvalue weighted by atomic mass is 9.75. The van der Waals surface area contributed by atoms with Gasteiger partial charge in [-0.05, 0) is 41.3 Å². The van der Waals surface area contributed by atoms with Gasteiger partial charge in [0.2, 0.25) is 0 Å². The first-order chi connectivity index (χ1) is 13.3. The summed E-state index contributed by atoms with van der Waals surface area (Å²) in [6.45, 7) is 7.27. The molecule has 0 saturated carbocycles. The monoisotopic (exact) mass is 388 g/mol. The lowest BCUT2D eigenvalue weighted by molar-refractivity contribution is 0.174. The molecule has 2 aromatic carbocycles. The zero-order valence-corrected chi connectivity index (χ0v) is 17.8. The Hall–Kier alpha value is -2.08. The van der Waals surface area contributed by atoms with Crippen molar-refractivity contribution < 1.29 is 24.4 Å². The van der Waals surface area contributed by atoms with Crippen molar-refractivity contribution in [2.45, 2.75) is 52.4 Å². The van der Waals surface area contributed by atoms with Gasteiger partial charge in [-0.25, -0.2) is 0 Å². The maximum Gasteiger partial charge on any atom is 0.126 e. The molecule has 0 radical (unpaired) electrons. The molecule has 154 valence electrons. The largest absolute Gasteiger partial charge is 0.507 e. The summed E-state index contributed by atoms with van der Waals surface area (Å²) in [6, 6.07) is 8.00. The zero-order chi connectivity index (χ0) is 20.9. The van der Waals surface area contributed by atoms with Crippen LogP contribution in [-0.2, 0) is 45.9 Å². The minimum absolute atomic E-state index is 0.211. The molecule has 2 N–H and O–H groups in total. The Labute approximate surface area is 167 Å². The number of hydrogen-bond acceptors (Lipinski definition) is 5. The smallest absolute Gasteiger partial charge is 0.126 e. The van der Waals surface area contributed by atoms with Crippen molar-refractivity contribution in [2.24, 2.45) is 0 Å². The van der Waals surface area contributed by atoms with E-state index in [1.165, 1.54) is 0 Å². The molecule has 0 saturated heterocycles. The predicted molar refractivity (Wildman–Crippen MR) is 110 cm³/mol. The highest BCUT2D eigenvalue weighted by Gasteiger charge is 2.27. The van der Waals surface area contributed by atoms with Crippen LogP contribution in [0.4, 0.5) is 0 Å². The van der Waals surface area contributed by atoms with Crippen LogP contribution in [0.25, 0.3) is 0 Å². The lowest BCUT2D eigenvalue weighted by Gasteiger charge is -2.29. The number of rotatable bonds is 9. The van der Waals surface area contributed by atoms with Crippen LogP contribution in [0.3, 0.4) is 0 Å². The molecule has 0 amide bonds. The second-order valence-corrected chi connectivity index (χ2v) is 7.56. The average Bonchev–Trinajstić information content (AvgIpc) is 2.66. The van der Waals surface area contributed by atoms with Crippen LogP contribution in [0.2, 0.25) is 0 Å². The van der Waals surface area contributed by atoms with Crippen LogP contribution in [0.1, 0.15) is 54.2 Å². The van der Waals surface area contributed by atoms with Crippen molar-refractivity contribution in [3.63, 3.8) is 0 Å². The van der Waals surface area contributed by atoms with Crippen molar-refractivity contribution in [2.75, 3.05) is 21.3 Å². The van der Waals surface area contributed by atoms with Gasteiger partial charge in [0, 0.05) is 43.4 Å². The molecular weight excluding hydrogens is 356 g/mol. The summed E-state index contributed by atoms with van der Waals surface area (Å²) < 4.78 is 15.8. The van der Waals surface area contributed by atoms with Gasteiger partial charge in [-0.3, -0.25) is 0 Å². The average molecular weight is 389 g/mol. The highest BCUT2D eigenvalue weighted by molar-refractivity contribution is 5.52. The topological polar surface area (TPSA) is 68.2 Å². The Balaban J connectivity index is 2.64. The van der Waals surface area contributed by atoms with E-state index >= 15 is 0 Å². The number of benzene rings is 2. The fourth-order valence-electron chi connectivity index (χ4n) is 3.47. The molecule has 0 aliphatic heterocycles. The zero-order valence-electron chi connectivity index (χ0n) is 17.8. The van der Waals surface area contributed by atoms with Crippen LogP contribution < -0.4 is 0 Å². The van der Waals surface area contributed by atoms with Crippen LogP contribution in [0, 0.1) is 0 Å². The second-order valence-electron chi connectivity index (χ2n) is 7.56. The second kappa shape index (κ2) is 9.41. The lowest BCUT2D eigenvalue weighted by Crippen LogP contribution is -2.21. The SMILES string of the molecule is CCc1cc(C(C)(C)c2cc(COC)c(O)c(COC)c2)cc(COC)c1O. The van der Waals surface area contributed by atoms with Crippen LogP contribution in [-0.4, -0.2) is 31.5 Å². The number of hydrogen-bond donors (Lipinski definition) is 2. The first-order valence-electron chi connectivity index (χ1n) is 9.47. The molecule has 0 aliphatic rings. The highest BCUT2D eigenvalue weighted by Crippen LogP contribution is 2.39. The summed E-state index contributed by atoms with van der Waals surface area (Å²) in [7, 11) is 4.84. The van der Waals surface area contributed by atoms with Gasteiger partial charge in [0.05, 0.1) is 19.8 Å². The van der Waals surface area contributed by atoms with Gasteiger partial charge in [-0.2, -0.15) is 0 Å². The maximum absolute atomic E-state index is 10.5. The Morgan fingerprint density at radius 2 is 1.00 bits per heavy atom. The van der Waals surface area contributed by atoms with E-state index in [0.717, 1.165) is 39.8 Å². The summed E-state index contributed by atoms with van der Waals surface area (Å²) in [5.41, 5.74) is 4.88. The third-order valence-electron chi connectivity index (χ3n) is 5.26. The summed E-state index contributed by atoms with van der Waals surface area (Å²) >= 11 is 0. The number of ether oxygens (including phenoxy) is 3. The van der Waals surface area contributed by atoms with Crippen molar-refractivity contribution in [3.8, 4) is 11.5 Å². The Bertz CT molecular complexity index is 784. The number of methoxy groups -OCH3 is 3. The van der Waals surface area contributed by atoms with E-state index in [1.807, 2.05) is 31.2 Å². The summed E-state index contributed by atoms with van der Waals surface area (Å²) in [5, 5.41) is 21.0. The molecule has 0 aromatic heterocycles. The number of phenols is 2. The summed E-state index contributed by atoms with van der Waals surface area (Å²) in [5.74, 6) is 0.512. The summed E-state index contributed by atoms with van der Waals surface area (Å²) in [6.07, 6.45) is 0.728. The van der Waals surface area contributed by atoms with Crippen LogP contribution in [0.15, 0.2) is 24.3 Å². The highest BCUT2D eigenvalue weighted by atomic mass is 16.5. The van der Waals surface area contributed by atoms with Gasteiger partial charge in [0.25, 0.3) is 0 Å². The van der Waals surface area contributed by atoms with Crippen molar-refractivity contribution in [1.29, 1.82) is 0 Å². The van der Waals surface area contributed by atoms with Crippen molar-refractivity contribution in [3.05, 3.63) is 57.6 Å². The van der Waals surface area contributed by atoms with E-state index in [0.29, 0.717) is 25.6 Å². The normalized spacial score (nSPS) is 11.8. The molecule has 0 fully saturated rings. The van der Waals surface area contributed by atoms with E-state index in [1.54, 1.807) is 21.3 Å². The molecule has 5 nitrogen and oxygen atoms in total. The fraction of sp³-hybridized carbons (Fsp3) is 0.478. The first-order valence-corrected chi connectivity index (χ1v) is 9.47. The van der Waals surface area contributed by atoms with Gasteiger partial charge in [-0.15, -0.1) is 0 Å². The van der Waals surface area contributed by atoms with E-state index in [4.69, 9.17) is 14.2 Å². The Kier molecular flexibility index (Phi) is 7.47. The van der Waals surface area contributed by atoms with Crippen LogP contribution in [0.5, 0.6) is 11.5 Å². The summed E-state index contributed by atoms with van der Waals surface area (Å²) in [4.78, 5) is 0. The molecule has 0 heterocycles. The number of aromatic hydroxyl groups is 2. The molecular formula is C23H32O5. The third-order valence-corrected chi connectivity index (χ3v) is 5.26. The molecule has 0 atom stereocenters. The van der Waals surface area contributed by atoms with Crippen LogP contribution >= 0.6 is 0 Å². The Morgan fingerprint density at radius 1 is 0.679 bits per heavy atom. The molecule has 0 unspecified atom stereocenters. The molecule has 0 spiro atoms. The molecule has 2 aromatic rings. The van der Waals surface area contributed by atoms with Gasteiger partial charge in [0.15, 0.2) is 0 Å². The maximum atomic E-state index is 10.5. The van der Waals surface area contributed by atoms with Gasteiger partial charge >= 0.3 is 0 Å². The minimum Gasteiger partial charge on any atom is -0.507 e. The minimum atomic E-state index is -0.362. The molecule has 5 heteroatoms. The van der Waals surface area contributed by atoms with Crippen molar-refractivity contribution in [1.82, 2.24) is 0 Å². The number of aryl methyl sites for hydroxylation is 1. The third kappa shape index (κ3) is 4.49. The molecule has 0 aliphatic carbocycles. The van der Waals surface area contributed by atoms with E-state index in [-0.39, 0.29) is 11.2 Å². The molecule has 0 bridgehead atoms. The van der Waals surface area contributed by atoms with E-state index in [2.05, 4.69) is 13.8 Å². The van der Waals surface area contributed by atoms with E-state index < -0.39 is 0 Å². The number of phenolic OH excluding ortho intramolecular Hbond substituents is 2. The van der Waals surface area contributed by atoms with Gasteiger partial charge < -0.3 is 24.4 Å². The Morgan fingerprint density at radius 3 is 1.32 bits per heavy atom. The molecule has 2 rings (SSSR count). The van der Waals surface area contributed by atoms with E-state index in [9.17, 15) is 10.2 Å².